The third-order valence-electron chi connectivity index (χ3n) is 7.23. The zero-order valence-corrected chi connectivity index (χ0v) is 23.2. The Morgan fingerprint density at radius 1 is 1.02 bits per heavy atom. The number of rotatable bonds is 9. The first-order chi connectivity index (χ1) is 18.7. The summed E-state index contributed by atoms with van der Waals surface area (Å²) in [5.74, 6) is -0.218. The fraction of sp³-hybridized carbons (Fsp3) is 0.481. The molecule has 4 rings (SSSR count). The Bertz CT molecular complexity index is 1270. The van der Waals surface area contributed by atoms with Gasteiger partial charge in [0, 0.05) is 22.1 Å². The summed E-state index contributed by atoms with van der Waals surface area (Å²) in [7, 11) is 0. The van der Waals surface area contributed by atoms with E-state index in [0.29, 0.717) is 24.8 Å². The number of nitrogens with zero attached hydrogens (tertiary/aromatic N) is 1. The lowest BCUT2D eigenvalue weighted by molar-refractivity contribution is -0.385. The molecule has 0 bridgehead atoms. The van der Waals surface area contributed by atoms with Crippen molar-refractivity contribution in [2.75, 3.05) is 13.2 Å². The Morgan fingerprint density at radius 2 is 1.68 bits per heavy atom. The van der Waals surface area contributed by atoms with Crippen LogP contribution in [0.1, 0.15) is 55.4 Å². The Labute approximate surface area is 235 Å². The van der Waals surface area contributed by atoms with Gasteiger partial charge < -0.3 is 14.8 Å². The van der Waals surface area contributed by atoms with Crippen molar-refractivity contribution in [3.8, 4) is 5.75 Å². The average Bonchev–Trinajstić information content (AvgIpc) is 3.37. The number of carbonyl (C=O) groups is 2. The summed E-state index contributed by atoms with van der Waals surface area (Å²) in [4.78, 5) is 26.7. The number of urea groups is 1. The summed E-state index contributed by atoms with van der Waals surface area (Å²) >= 11 is 3.33. The van der Waals surface area contributed by atoms with E-state index in [9.17, 15) is 35.9 Å². The zero-order chi connectivity index (χ0) is 29.5. The van der Waals surface area contributed by atoms with Gasteiger partial charge in [0.1, 0.15) is 11.3 Å². The molecule has 1 saturated heterocycles. The highest BCUT2D eigenvalue weighted by molar-refractivity contribution is 9.10. The van der Waals surface area contributed by atoms with Crippen molar-refractivity contribution in [1.82, 2.24) is 10.2 Å². The summed E-state index contributed by atoms with van der Waals surface area (Å²) < 4.78 is 93.3. The molecule has 1 atom stereocenters. The van der Waals surface area contributed by atoms with Gasteiger partial charge in [-0.25, -0.2) is 4.79 Å². The Morgan fingerprint density at radius 3 is 2.27 bits per heavy atom. The largest absolute Gasteiger partial charge is 0.493 e. The standard InChI is InChI=1S/C27H27BrF6N2O4/c1-3-6-18-19-15-40-25(26(29,30)31,27(32,33)34)20(19)11-12-21(18)39-14-5-4-13-36-22(37)24(2,35-23(36)38)16-7-9-17(28)10-8-16/h7-12H,3-6,13-15H2,1-2H3,(H,35,38). The molecule has 0 aliphatic carbocycles. The highest BCUT2D eigenvalue weighted by Crippen LogP contribution is 2.58. The predicted molar refractivity (Wildman–Crippen MR) is 135 cm³/mol. The van der Waals surface area contributed by atoms with Crippen LogP contribution in [0.25, 0.3) is 0 Å². The van der Waals surface area contributed by atoms with E-state index in [2.05, 4.69) is 26.0 Å². The van der Waals surface area contributed by atoms with Gasteiger partial charge in [0.05, 0.1) is 13.2 Å². The molecule has 2 aliphatic heterocycles. The Hall–Kier alpha value is -2.80. The molecule has 2 aromatic rings. The molecule has 0 aromatic heterocycles. The molecule has 6 nitrogen and oxygen atoms in total. The lowest BCUT2D eigenvalue weighted by atomic mass is 9.87. The molecule has 13 heteroatoms. The average molecular weight is 637 g/mol. The minimum absolute atomic E-state index is 0.0771. The molecule has 40 heavy (non-hydrogen) atoms. The van der Waals surface area contributed by atoms with Crippen LogP contribution in [0.4, 0.5) is 31.1 Å². The normalized spacial score (nSPS) is 20.6. The van der Waals surface area contributed by atoms with Gasteiger partial charge in [0.25, 0.3) is 11.5 Å². The van der Waals surface area contributed by atoms with E-state index in [-0.39, 0.29) is 36.4 Å². The fourth-order valence-electron chi connectivity index (χ4n) is 5.15. The maximum absolute atomic E-state index is 13.7. The van der Waals surface area contributed by atoms with Crippen LogP contribution in [0.3, 0.4) is 0 Å². The van der Waals surface area contributed by atoms with Crippen molar-refractivity contribution in [2.24, 2.45) is 0 Å². The summed E-state index contributed by atoms with van der Waals surface area (Å²) in [5.41, 5.74) is -5.85. The number of alkyl halides is 6. The summed E-state index contributed by atoms with van der Waals surface area (Å²) in [5, 5.41) is 2.72. The summed E-state index contributed by atoms with van der Waals surface area (Å²) in [6.07, 6.45) is -9.99. The van der Waals surface area contributed by atoms with Crippen LogP contribution in [0.15, 0.2) is 40.9 Å². The Balaban J connectivity index is 1.42. The smallest absolute Gasteiger partial charge is 0.430 e. The summed E-state index contributed by atoms with van der Waals surface area (Å²) in [6, 6.07) is 8.37. The SMILES string of the molecule is CCCc1c(OCCCCN2C(=O)NC(C)(c3ccc(Br)cc3)C2=O)ccc2c1COC2(C(F)(F)F)C(F)(F)F. The van der Waals surface area contributed by atoms with Crippen molar-refractivity contribution in [3.05, 3.63) is 63.1 Å². The molecule has 2 aliphatic rings. The van der Waals surface area contributed by atoms with E-state index in [0.717, 1.165) is 21.5 Å². The van der Waals surface area contributed by atoms with Crippen molar-refractivity contribution >= 4 is 27.9 Å². The third kappa shape index (κ3) is 5.06. The molecule has 0 saturated carbocycles. The number of hydrogen-bond acceptors (Lipinski definition) is 4. The molecule has 218 valence electrons. The minimum atomic E-state index is -5.70. The van der Waals surface area contributed by atoms with E-state index >= 15 is 0 Å². The maximum atomic E-state index is 13.7. The van der Waals surface area contributed by atoms with Gasteiger partial charge in [-0.05, 0) is 55.5 Å². The lowest BCUT2D eigenvalue weighted by Gasteiger charge is -2.33. The molecular formula is C27H27BrF6N2O4. The van der Waals surface area contributed by atoms with Gasteiger partial charge in [-0.1, -0.05) is 47.5 Å². The lowest BCUT2D eigenvalue weighted by Crippen LogP contribution is -2.53. The highest BCUT2D eigenvalue weighted by atomic mass is 79.9. The third-order valence-corrected chi connectivity index (χ3v) is 7.76. The molecular weight excluding hydrogens is 610 g/mol. The quantitative estimate of drug-likeness (QED) is 0.185. The summed E-state index contributed by atoms with van der Waals surface area (Å²) in [6.45, 7) is 2.72. The van der Waals surface area contributed by atoms with Crippen molar-refractivity contribution in [2.45, 2.75) is 69.6 Å². The number of imide groups is 1. The van der Waals surface area contributed by atoms with Crippen LogP contribution >= 0.6 is 15.9 Å². The molecule has 2 aromatic carbocycles. The van der Waals surface area contributed by atoms with Gasteiger partial charge >= 0.3 is 18.4 Å². The highest BCUT2D eigenvalue weighted by Gasteiger charge is 2.75. The number of halogens is 7. The molecule has 0 spiro atoms. The van der Waals surface area contributed by atoms with Gasteiger partial charge in [-0.15, -0.1) is 0 Å². The molecule has 0 radical (unpaired) electrons. The van der Waals surface area contributed by atoms with Crippen molar-refractivity contribution < 1.29 is 45.4 Å². The topological polar surface area (TPSA) is 67.9 Å². The van der Waals surface area contributed by atoms with Crippen LogP contribution in [0, 0.1) is 0 Å². The zero-order valence-electron chi connectivity index (χ0n) is 21.6. The molecule has 1 fully saturated rings. The molecule has 2 heterocycles. The van der Waals surface area contributed by atoms with Crippen LogP contribution in [0.2, 0.25) is 0 Å². The van der Waals surface area contributed by atoms with Crippen molar-refractivity contribution in [3.63, 3.8) is 0 Å². The van der Waals surface area contributed by atoms with E-state index in [1.54, 1.807) is 38.1 Å². The molecule has 3 amide bonds. The van der Waals surface area contributed by atoms with E-state index in [1.807, 2.05) is 0 Å². The molecule has 1 unspecified atom stereocenters. The number of ether oxygens (including phenoxy) is 2. The number of benzene rings is 2. The fourth-order valence-corrected chi connectivity index (χ4v) is 5.41. The van der Waals surface area contributed by atoms with Crippen LogP contribution in [-0.4, -0.2) is 42.3 Å². The maximum Gasteiger partial charge on any atom is 0.430 e. The number of amides is 3. The Kier molecular flexibility index (Phi) is 8.21. The van der Waals surface area contributed by atoms with Gasteiger partial charge in [0.15, 0.2) is 0 Å². The second-order valence-electron chi connectivity index (χ2n) is 9.86. The predicted octanol–water partition coefficient (Wildman–Crippen LogP) is 6.88. The second-order valence-corrected chi connectivity index (χ2v) is 10.8. The van der Waals surface area contributed by atoms with Crippen LogP contribution in [0.5, 0.6) is 5.75 Å². The second kappa shape index (κ2) is 10.9. The number of hydrogen-bond donors (Lipinski definition) is 1. The first-order valence-corrected chi connectivity index (χ1v) is 13.4. The van der Waals surface area contributed by atoms with Crippen LogP contribution < -0.4 is 10.1 Å². The van der Waals surface area contributed by atoms with E-state index in [1.165, 1.54) is 0 Å². The van der Waals surface area contributed by atoms with Crippen molar-refractivity contribution in [1.29, 1.82) is 0 Å². The van der Waals surface area contributed by atoms with Gasteiger partial charge in [0.2, 0.25) is 0 Å². The van der Waals surface area contributed by atoms with E-state index < -0.39 is 47.6 Å². The van der Waals surface area contributed by atoms with Gasteiger partial charge in [-0.3, -0.25) is 9.69 Å². The number of fused-ring (bicyclic) bond motifs is 1. The first-order valence-electron chi connectivity index (χ1n) is 12.6. The van der Waals surface area contributed by atoms with Crippen LogP contribution in [-0.2, 0) is 33.7 Å². The number of unbranched alkanes of at least 4 members (excludes halogenated alkanes) is 1. The number of nitrogens with one attached hydrogen (secondary N) is 1. The number of carbonyl (C=O) groups excluding carboxylic acids is 2. The minimum Gasteiger partial charge on any atom is -0.493 e. The van der Waals surface area contributed by atoms with E-state index in [4.69, 9.17) is 4.74 Å². The first kappa shape index (κ1) is 30.2. The van der Waals surface area contributed by atoms with Gasteiger partial charge in [-0.2, -0.15) is 26.3 Å². The molecule has 1 N–H and O–H groups in total. The monoisotopic (exact) mass is 636 g/mol.